The van der Waals surface area contributed by atoms with Crippen molar-refractivity contribution >= 4 is 17.6 Å². The fourth-order valence-corrected chi connectivity index (χ4v) is 2.48. The molecule has 0 fully saturated rings. The van der Waals surface area contributed by atoms with Gasteiger partial charge in [-0.25, -0.2) is 9.37 Å². The number of rotatable bonds is 3. The number of imidazole rings is 1. The molecule has 0 radical (unpaired) electrons. The van der Waals surface area contributed by atoms with Crippen molar-refractivity contribution < 1.29 is 4.39 Å². The first-order valence-corrected chi connectivity index (χ1v) is 6.86. The first kappa shape index (κ1) is 13.6. The van der Waals surface area contributed by atoms with Gasteiger partial charge in [0.25, 0.3) is 0 Å². The van der Waals surface area contributed by atoms with E-state index >= 15 is 0 Å². The molecule has 3 rings (SSSR count). The van der Waals surface area contributed by atoms with Crippen LogP contribution in [-0.4, -0.2) is 19.9 Å². The molecule has 2 heterocycles. The van der Waals surface area contributed by atoms with Gasteiger partial charge in [0, 0.05) is 35.9 Å². The standard InChI is InChI=1S/C16H12FN3S/c1-20-14(10-21)19-15(11-2-4-13(17)5-3-11)16(20)12-6-8-18-9-7-12/h2-10H,1H3. The predicted molar refractivity (Wildman–Crippen MR) is 84.6 cm³/mol. The number of aromatic nitrogens is 3. The van der Waals surface area contributed by atoms with Gasteiger partial charge < -0.3 is 4.57 Å². The van der Waals surface area contributed by atoms with Gasteiger partial charge in [0.15, 0.2) is 0 Å². The van der Waals surface area contributed by atoms with E-state index in [1.54, 1.807) is 24.5 Å². The van der Waals surface area contributed by atoms with Crippen LogP contribution in [0, 0.1) is 5.82 Å². The van der Waals surface area contributed by atoms with Gasteiger partial charge in [-0.05, 0) is 36.4 Å². The van der Waals surface area contributed by atoms with Crippen LogP contribution in [0.5, 0.6) is 0 Å². The van der Waals surface area contributed by atoms with E-state index in [2.05, 4.69) is 9.97 Å². The molecule has 0 saturated heterocycles. The minimum Gasteiger partial charge on any atom is -0.326 e. The third kappa shape index (κ3) is 2.48. The summed E-state index contributed by atoms with van der Waals surface area (Å²) < 4.78 is 15.1. The van der Waals surface area contributed by atoms with Crippen LogP contribution in [0.1, 0.15) is 5.82 Å². The lowest BCUT2D eigenvalue weighted by molar-refractivity contribution is 0.628. The van der Waals surface area contributed by atoms with E-state index in [0.29, 0.717) is 5.82 Å². The minimum atomic E-state index is -0.268. The molecule has 0 atom stereocenters. The number of benzene rings is 1. The summed E-state index contributed by atoms with van der Waals surface area (Å²) in [7, 11) is 1.91. The first-order chi connectivity index (χ1) is 10.2. The number of hydrogen-bond acceptors (Lipinski definition) is 3. The van der Waals surface area contributed by atoms with Crippen LogP contribution in [0.2, 0.25) is 0 Å². The molecule has 21 heavy (non-hydrogen) atoms. The van der Waals surface area contributed by atoms with E-state index in [-0.39, 0.29) is 5.82 Å². The molecule has 3 nitrogen and oxygen atoms in total. The second kappa shape index (κ2) is 5.54. The Morgan fingerprint density at radius 3 is 2.33 bits per heavy atom. The lowest BCUT2D eigenvalue weighted by atomic mass is 10.1. The summed E-state index contributed by atoms with van der Waals surface area (Å²) in [6.45, 7) is 0. The normalized spacial score (nSPS) is 10.6. The Balaban J connectivity index is 2.25. The molecule has 0 saturated carbocycles. The van der Waals surface area contributed by atoms with Crippen LogP contribution in [0.15, 0.2) is 48.8 Å². The summed E-state index contributed by atoms with van der Waals surface area (Å²) in [6, 6.07) is 10.1. The van der Waals surface area contributed by atoms with Crippen molar-refractivity contribution in [3.63, 3.8) is 0 Å². The number of halogens is 1. The average molecular weight is 297 g/mol. The maximum atomic E-state index is 13.1. The van der Waals surface area contributed by atoms with Crippen molar-refractivity contribution in [1.82, 2.24) is 14.5 Å². The molecule has 0 spiro atoms. The summed E-state index contributed by atoms with van der Waals surface area (Å²) in [6.07, 6.45) is 3.46. The van der Waals surface area contributed by atoms with E-state index in [1.807, 2.05) is 23.7 Å². The molecular formula is C16H12FN3S. The van der Waals surface area contributed by atoms with Crippen LogP contribution in [0.4, 0.5) is 4.39 Å². The van der Waals surface area contributed by atoms with Crippen molar-refractivity contribution in [3.05, 3.63) is 60.4 Å². The molecule has 104 valence electrons. The van der Waals surface area contributed by atoms with Gasteiger partial charge in [0.2, 0.25) is 0 Å². The Labute approximate surface area is 127 Å². The molecule has 5 heteroatoms. The third-order valence-electron chi connectivity index (χ3n) is 3.31. The molecule has 1 aromatic carbocycles. The van der Waals surface area contributed by atoms with E-state index in [9.17, 15) is 4.39 Å². The number of nitrogens with zero attached hydrogens (tertiary/aromatic N) is 3. The summed E-state index contributed by atoms with van der Waals surface area (Å²) in [5.41, 5.74) is 3.55. The van der Waals surface area contributed by atoms with Crippen LogP contribution < -0.4 is 0 Å². The Kier molecular flexibility index (Phi) is 3.58. The van der Waals surface area contributed by atoms with Gasteiger partial charge in [0.1, 0.15) is 11.6 Å². The van der Waals surface area contributed by atoms with Crippen molar-refractivity contribution in [1.29, 1.82) is 0 Å². The number of thiocarbonyl (C=S) groups is 1. The van der Waals surface area contributed by atoms with Gasteiger partial charge in [-0.15, -0.1) is 0 Å². The Morgan fingerprint density at radius 1 is 1.05 bits per heavy atom. The molecule has 0 aliphatic rings. The maximum Gasteiger partial charge on any atom is 0.144 e. The van der Waals surface area contributed by atoms with Gasteiger partial charge in [-0.2, -0.15) is 0 Å². The zero-order valence-electron chi connectivity index (χ0n) is 11.3. The SMILES string of the molecule is Cn1c(C=S)nc(-c2ccc(F)cc2)c1-c1ccncc1. The summed E-state index contributed by atoms with van der Waals surface area (Å²) in [5.74, 6) is 0.423. The highest BCUT2D eigenvalue weighted by atomic mass is 32.1. The van der Waals surface area contributed by atoms with Gasteiger partial charge in [0.05, 0.1) is 11.4 Å². The van der Waals surface area contributed by atoms with Gasteiger partial charge >= 0.3 is 0 Å². The van der Waals surface area contributed by atoms with E-state index in [4.69, 9.17) is 12.2 Å². The highest BCUT2D eigenvalue weighted by Gasteiger charge is 2.16. The monoisotopic (exact) mass is 297 g/mol. The fourth-order valence-electron chi connectivity index (χ4n) is 2.27. The molecule has 0 aliphatic heterocycles. The molecule has 0 aliphatic carbocycles. The highest BCUT2D eigenvalue weighted by molar-refractivity contribution is 7.79. The first-order valence-electron chi connectivity index (χ1n) is 6.39. The largest absolute Gasteiger partial charge is 0.326 e. The van der Waals surface area contributed by atoms with Crippen LogP contribution in [0.3, 0.4) is 0 Å². The smallest absolute Gasteiger partial charge is 0.144 e. The van der Waals surface area contributed by atoms with Gasteiger partial charge in [-0.1, -0.05) is 12.2 Å². The van der Waals surface area contributed by atoms with Gasteiger partial charge in [-0.3, -0.25) is 4.98 Å². The molecule has 0 bridgehead atoms. The summed E-state index contributed by atoms with van der Waals surface area (Å²) >= 11 is 5.02. The van der Waals surface area contributed by atoms with Crippen molar-refractivity contribution in [2.45, 2.75) is 0 Å². The molecule has 3 aromatic rings. The maximum absolute atomic E-state index is 13.1. The lowest BCUT2D eigenvalue weighted by Crippen LogP contribution is -1.97. The van der Waals surface area contributed by atoms with Crippen LogP contribution in [0.25, 0.3) is 22.5 Å². The van der Waals surface area contributed by atoms with E-state index in [0.717, 1.165) is 22.5 Å². The third-order valence-corrected chi connectivity index (χ3v) is 3.52. The Morgan fingerprint density at radius 2 is 1.71 bits per heavy atom. The summed E-state index contributed by atoms with van der Waals surface area (Å²) in [5, 5.41) is 1.54. The average Bonchev–Trinajstić information content (AvgIpc) is 2.85. The number of pyridine rings is 1. The van der Waals surface area contributed by atoms with Crippen molar-refractivity contribution in [2.75, 3.05) is 0 Å². The lowest BCUT2D eigenvalue weighted by Gasteiger charge is -2.06. The highest BCUT2D eigenvalue weighted by Crippen LogP contribution is 2.31. The van der Waals surface area contributed by atoms with Crippen LogP contribution >= 0.6 is 12.2 Å². The molecule has 0 unspecified atom stereocenters. The Bertz CT molecular complexity index is 779. The van der Waals surface area contributed by atoms with Crippen molar-refractivity contribution in [2.24, 2.45) is 7.05 Å². The van der Waals surface area contributed by atoms with E-state index < -0.39 is 0 Å². The fraction of sp³-hybridized carbons (Fsp3) is 0.0625. The minimum absolute atomic E-state index is 0.268. The van der Waals surface area contributed by atoms with Crippen LogP contribution in [-0.2, 0) is 7.05 Å². The second-order valence-corrected chi connectivity index (χ2v) is 4.82. The quantitative estimate of drug-likeness (QED) is 0.692. The molecule has 0 amide bonds. The van der Waals surface area contributed by atoms with Crippen molar-refractivity contribution in [3.8, 4) is 22.5 Å². The number of hydrogen-bond donors (Lipinski definition) is 0. The predicted octanol–water partition coefficient (Wildman–Crippen LogP) is 3.64. The molecule has 0 N–H and O–H groups in total. The topological polar surface area (TPSA) is 30.7 Å². The second-order valence-electron chi connectivity index (χ2n) is 4.59. The molecular weight excluding hydrogens is 285 g/mol. The Hall–Kier alpha value is -2.40. The zero-order valence-corrected chi connectivity index (χ0v) is 12.1. The summed E-state index contributed by atoms with van der Waals surface area (Å²) in [4.78, 5) is 8.60. The molecule has 2 aromatic heterocycles. The van der Waals surface area contributed by atoms with E-state index in [1.165, 1.54) is 17.5 Å². The zero-order chi connectivity index (χ0) is 14.8.